The van der Waals surface area contributed by atoms with E-state index in [1.54, 1.807) is 17.5 Å². The molecule has 0 saturated heterocycles. The Hall–Kier alpha value is -0.570. The summed E-state index contributed by atoms with van der Waals surface area (Å²) in [6.45, 7) is 0. The van der Waals surface area contributed by atoms with E-state index >= 15 is 0 Å². The van der Waals surface area contributed by atoms with Crippen molar-refractivity contribution in [2.24, 2.45) is 0 Å². The Morgan fingerprint density at radius 1 is 1.67 bits per heavy atom. The first kappa shape index (κ1) is 3.61. The minimum atomic E-state index is 1.52. The number of hydrogen-bond acceptors (Lipinski definition) is 2. The fourth-order valence-corrected chi connectivity index (χ4v) is 0.738. The summed E-state index contributed by atoms with van der Waals surface area (Å²) >= 11 is 1.58. The molecule has 32 valence electrons. The Morgan fingerprint density at radius 2 is 2.50 bits per heavy atom. The van der Waals surface area contributed by atoms with Gasteiger partial charge in [-0.15, -0.1) is 0 Å². The SMILES string of the molecule is N[n+]1ccsc1. The van der Waals surface area contributed by atoms with Gasteiger partial charge in [0, 0.05) is 0 Å². The number of rotatable bonds is 0. The van der Waals surface area contributed by atoms with E-state index in [1.807, 2.05) is 10.9 Å². The van der Waals surface area contributed by atoms with Gasteiger partial charge in [-0.25, -0.2) is 5.84 Å². The van der Waals surface area contributed by atoms with Gasteiger partial charge in [0.2, 0.25) is 6.20 Å². The predicted octanol–water partition coefficient (Wildman–Crippen LogP) is -0.251. The maximum absolute atomic E-state index is 5.20. The van der Waals surface area contributed by atoms with E-state index in [4.69, 9.17) is 5.84 Å². The highest BCUT2D eigenvalue weighted by atomic mass is 32.1. The number of nitrogen functional groups attached to an aromatic ring is 1. The van der Waals surface area contributed by atoms with Crippen molar-refractivity contribution in [3.8, 4) is 0 Å². The second-order valence-electron chi connectivity index (χ2n) is 0.974. The highest BCUT2D eigenvalue weighted by molar-refractivity contribution is 7.07. The third-order valence-electron chi connectivity index (χ3n) is 0.494. The van der Waals surface area contributed by atoms with E-state index in [1.165, 1.54) is 4.68 Å². The molecule has 2 nitrogen and oxygen atoms in total. The molecule has 0 unspecified atom stereocenters. The summed E-state index contributed by atoms with van der Waals surface area (Å²) in [5.41, 5.74) is 1.82. The van der Waals surface area contributed by atoms with Crippen LogP contribution in [0, 0.1) is 0 Å². The van der Waals surface area contributed by atoms with Crippen molar-refractivity contribution < 1.29 is 4.68 Å². The molecule has 1 rings (SSSR count). The van der Waals surface area contributed by atoms with Crippen molar-refractivity contribution in [3.05, 3.63) is 17.1 Å². The number of nitrogens with zero attached hydrogens (tertiary/aromatic N) is 1. The van der Waals surface area contributed by atoms with Gasteiger partial charge in [-0.2, -0.15) is 0 Å². The molecular formula is C3H5N2S+. The fraction of sp³-hybridized carbons (Fsp3) is 0. The van der Waals surface area contributed by atoms with E-state index in [0.717, 1.165) is 0 Å². The van der Waals surface area contributed by atoms with E-state index < -0.39 is 0 Å². The average Bonchev–Trinajstić information content (AvgIpc) is 1.86. The van der Waals surface area contributed by atoms with Gasteiger partial charge in [-0.3, -0.25) is 0 Å². The van der Waals surface area contributed by atoms with Crippen LogP contribution in [0.3, 0.4) is 0 Å². The molecule has 0 aliphatic carbocycles. The van der Waals surface area contributed by atoms with E-state index in [9.17, 15) is 0 Å². The molecule has 0 atom stereocenters. The molecule has 1 heterocycles. The Labute approximate surface area is 39.8 Å². The zero-order valence-corrected chi connectivity index (χ0v) is 3.98. The van der Waals surface area contributed by atoms with Crippen molar-refractivity contribution in [2.75, 3.05) is 5.84 Å². The molecule has 6 heavy (non-hydrogen) atoms. The quantitative estimate of drug-likeness (QED) is 0.354. The third kappa shape index (κ3) is 0.490. The molecule has 3 heteroatoms. The monoisotopic (exact) mass is 101 g/mol. The Kier molecular flexibility index (Phi) is 0.759. The summed E-state index contributed by atoms with van der Waals surface area (Å²) in [4.78, 5) is 0. The Bertz CT molecular complexity index is 112. The summed E-state index contributed by atoms with van der Waals surface area (Å²) in [6, 6.07) is 0. The highest BCUT2D eigenvalue weighted by Crippen LogP contribution is 1.82. The van der Waals surface area contributed by atoms with Gasteiger partial charge < -0.3 is 0 Å². The number of hydrogen-bond donors (Lipinski definition) is 1. The molecule has 0 bridgehead atoms. The molecule has 0 aliphatic rings. The van der Waals surface area contributed by atoms with E-state index in [2.05, 4.69) is 0 Å². The molecule has 0 spiro atoms. The van der Waals surface area contributed by atoms with Crippen LogP contribution < -0.4 is 10.5 Å². The lowest BCUT2D eigenvalue weighted by atomic mass is 11.0. The summed E-state index contributed by atoms with van der Waals surface area (Å²) < 4.78 is 1.52. The predicted molar refractivity (Wildman–Crippen MR) is 24.7 cm³/mol. The van der Waals surface area contributed by atoms with Gasteiger partial charge in [0.15, 0.2) is 0 Å². The maximum atomic E-state index is 5.20. The van der Waals surface area contributed by atoms with Crippen LogP contribution in [0.25, 0.3) is 0 Å². The standard InChI is InChI=1S/C3H5N2S/c4-5-1-2-6-3-5/h1-3H,4H2/q+1. The molecule has 0 fully saturated rings. The molecule has 2 N–H and O–H groups in total. The summed E-state index contributed by atoms with van der Waals surface area (Å²) in [5.74, 6) is 5.20. The van der Waals surface area contributed by atoms with Gasteiger partial charge in [-0.1, -0.05) is 16.0 Å². The molecular weight excluding hydrogens is 96.1 g/mol. The molecule has 1 aromatic rings. The van der Waals surface area contributed by atoms with Crippen LogP contribution in [-0.2, 0) is 0 Å². The normalized spacial score (nSPS) is 8.67. The Morgan fingerprint density at radius 3 is 2.67 bits per heavy atom. The molecule has 0 aromatic carbocycles. The van der Waals surface area contributed by atoms with Crippen molar-refractivity contribution in [3.63, 3.8) is 0 Å². The van der Waals surface area contributed by atoms with Crippen molar-refractivity contribution >= 4 is 11.3 Å². The lowest BCUT2D eigenvalue weighted by Crippen LogP contribution is -2.40. The minimum absolute atomic E-state index is 1.52. The van der Waals surface area contributed by atoms with Crippen molar-refractivity contribution in [2.45, 2.75) is 0 Å². The lowest BCUT2D eigenvalue weighted by molar-refractivity contribution is -0.633. The van der Waals surface area contributed by atoms with E-state index in [-0.39, 0.29) is 0 Å². The van der Waals surface area contributed by atoms with Gasteiger partial charge in [-0.05, 0) is 0 Å². The number of thiazole rings is 1. The summed E-state index contributed by atoms with van der Waals surface area (Å²) in [6.07, 6.45) is 1.80. The first-order valence-electron chi connectivity index (χ1n) is 1.58. The smallest absolute Gasteiger partial charge is 0.205 e. The van der Waals surface area contributed by atoms with Gasteiger partial charge in [0.25, 0.3) is 5.51 Å². The third-order valence-corrected chi connectivity index (χ3v) is 1.14. The molecule has 1 aromatic heterocycles. The first-order chi connectivity index (χ1) is 2.89. The van der Waals surface area contributed by atoms with Crippen LogP contribution in [0.5, 0.6) is 0 Å². The van der Waals surface area contributed by atoms with Gasteiger partial charge in [0.1, 0.15) is 0 Å². The molecule has 0 aliphatic heterocycles. The number of aromatic nitrogens is 1. The van der Waals surface area contributed by atoms with Crippen LogP contribution in [-0.4, -0.2) is 0 Å². The van der Waals surface area contributed by atoms with Crippen LogP contribution in [0.15, 0.2) is 17.1 Å². The average molecular weight is 101 g/mol. The number of nitrogens with two attached hydrogens (primary N) is 1. The van der Waals surface area contributed by atoms with Crippen LogP contribution in [0.1, 0.15) is 0 Å². The lowest BCUT2D eigenvalue weighted by Gasteiger charge is -1.63. The van der Waals surface area contributed by atoms with Crippen LogP contribution >= 0.6 is 11.3 Å². The first-order valence-corrected chi connectivity index (χ1v) is 2.52. The van der Waals surface area contributed by atoms with Crippen LogP contribution in [0.4, 0.5) is 0 Å². The van der Waals surface area contributed by atoms with E-state index in [0.29, 0.717) is 0 Å². The minimum Gasteiger partial charge on any atom is -0.205 e. The Balaban J connectivity index is 3.05. The zero-order valence-electron chi connectivity index (χ0n) is 3.16. The second-order valence-corrected chi connectivity index (χ2v) is 1.73. The zero-order chi connectivity index (χ0) is 4.41. The molecule has 0 saturated carbocycles. The van der Waals surface area contributed by atoms with Crippen molar-refractivity contribution in [1.82, 2.24) is 0 Å². The molecule has 0 amide bonds. The van der Waals surface area contributed by atoms with Crippen LogP contribution in [0.2, 0.25) is 0 Å². The maximum Gasteiger partial charge on any atom is 0.254 e. The fourth-order valence-electron chi connectivity index (χ4n) is 0.246. The largest absolute Gasteiger partial charge is 0.254 e. The highest BCUT2D eigenvalue weighted by Gasteiger charge is 1.83. The topological polar surface area (TPSA) is 29.9 Å². The van der Waals surface area contributed by atoms with Gasteiger partial charge >= 0.3 is 0 Å². The summed E-state index contributed by atoms with van der Waals surface area (Å²) in [7, 11) is 0. The summed E-state index contributed by atoms with van der Waals surface area (Å²) in [5, 5.41) is 1.92. The second kappa shape index (κ2) is 1.26. The molecule has 0 radical (unpaired) electrons. The van der Waals surface area contributed by atoms with Crippen molar-refractivity contribution in [1.29, 1.82) is 0 Å². The van der Waals surface area contributed by atoms with Gasteiger partial charge in [0.05, 0.1) is 5.38 Å².